The molecule has 4 nitrogen and oxygen atoms in total. The molecule has 0 radical (unpaired) electrons. The molecular weight excluding hydrogens is 188 g/mol. The van der Waals surface area contributed by atoms with Crippen LogP contribution in [0.25, 0.3) is 11.0 Å². The van der Waals surface area contributed by atoms with Crippen LogP contribution in [0.15, 0.2) is 29.3 Å². The SMILES string of the molecule is CCCn1c(N=CN)nc2ccccc21. The van der Waals surface area contributed by atoms with Crippen molar-refractivity contribution in [1.82, 2.24) is 9.55 Å². The van der Waals surface area contributed by atoms with Crippen LogP contribution in [0.3, 0.4) is 0 Å². The number of hydrogen-bond donors (Lipinski definition) is 1. The minimum atomic E-state index is 0.681. The molecule has 0 atom stereocenters. The van der Waals surface area contributed by atoms with Crippen LogP contribution in [0.2, 0.25) is 0 Å². The van der Waals surface area contributed by atoms with Crippen LogP contribution in [0.1, 0.15) is 13.3 Å². The highest BCUT2D eigenvalue weighted by Gasteiger charge is 2.07. The maximum Gasteiger partial charge on any atom is 0.231 e. The van der Waals surface area contributed by atoms with Gasteiger partial charge in [-0.05, 0) is 18.6 Å². The van der Waals surface area contributed by atoms with E-state index in [0.29, 0.717) is 5.95 Å². The second-order valence-electron chi connectivity index (χ2n) is 3.33. The summed E-state index contributed by atoms with van der Waals surface area (Å²) in [4.78, 5) is 8.47. The van der Waals surface area contributed by atoms with E-state index < -0.39 is 0 Å². The van der Waals surface area contributed by atoms with Gasteiger partial charge in [0.05, 0.1) is 17.4 Å². The van der Waals surface area contributed by atoms with E-state index >= 15 is 0 Å². The standard InChI is InChI=1S/C11H14N4/c1-2-7-15-10-6-4-3-5-9(10)14-11(15)13-8-12/h3-6,8H,2,7H2,1H3,(H2,12,13,14). The normalized spacial score (nSPS) is 11.5. The van der Waals surface area contributed by atoms with Gasteiger partial charge >= 0.3 is 0 Å². The molecular formula is C11H14N4. The lowest BCUT2D eigenvalue weighted by Crippen LogP contribution is -1.97. The fraction of sp³-hybridized carbons (Fsp3) is 0.273. The Bertz CT molecular complexity index is 484. The van der Waals surface area contributed by atoms with Crippen LogP contribution in [0.5, 0.6) is 0 Å². The van der Waals surface area contributed by atoms with E-state index in [-0.39, 0.29) is 0 Å². The van der Waals surface area contributed by atoms with Gasteiger partial charge in [0.15, 0.2) is 0 Å². The topological polar surface area (TPSA) is 56.2 Å². The number of para-hydroxylation sites is 2. The van der Waals surface area contributed by atoms with Crippen molar-refractivity contribution in [3.63, 3.8) is 0 Å². The summed E-state index contributed by atoms with van der Waals surface area (Å²) >= 11 is 0. The Morgan fingerprint density at radius 3 is 3.00 bits per heavy atom. The first-order chi connectivity index (χ1) is 7.36. The van der Waals surface area contributed by atoms with Gasteiger partial charge in [-0.15, -0.1) is 0 Å². The number of aromatic nitrogens is 2. The molecule has 1 aromatic heterocycles. The van der Waals surface area contributed by atoms with E-state index in [4.69, 9.17) is 5.73 Å². The summed E-state index contributed by atoms with van der Waals surface area (Å²) in [6, 6.07) is 8.01. The zero-order chi connectivity index (χ0) is 10.7. The second kappa shape index (κ2) is 4.13. The van der Waals surface area contributed by atoms with Gasteiger partial charge in [-0.1, -0.05) is 19.1 Å². The van der Waals surface area contributed by atoms with Crippen molar-refractivity contribution in [3.8, 4) is 0 Å². The first-order valence-corrected chi connectivity index (χ1v) is 5.06. The fourth-order valence-electron chi connectivity index (χ4n) is 1.67. The van der Waals surface area contributed by atoms with Gasteiger partial charge < -0.3 is 10.3 Å². The molecule has 0 spiro atoms. The van der Waals surface area contributed by atoms with E-state index in [1.807, 2.05) is 24.3 Å². The van der Waals surface area contributed by atoms with Crippen LogP contribution < -0.4 is 5.73 Å². The molecule has 0 aliphatic rings. The summed E-state index contributed by atoms with van der Waals surface area (Å²) < 4.78 is 2.08. The number of benzene rings is 1. The zero-order valence-corrected chi connectivity index (χ0v) is 8.72. The van der Waals surface area contributed by atoms with Gasteiger partial charge in [-0.25, -0.2) is 9.98 Å². The molecule has 1 heterocycles. The van der Waals surface area contributed by atoms with Crippen LogP contribution >= 0.6 is 0 Å². The van der Waals surface area contributed by atoms with Gasteiger partial charge in [0.25, 0.3) is 0 Å². The molecule has 0 amide bonds. The first-order valence-electron chi connectivity index (χ1n) is 5.06. The van der Waals surface area contributed by atoms with Crippen LogP contribution in [0, 0.1) is 0 Å². The van der Waals surface area contributed by atoms with Crippen molar-refractivity contribution >= 4 is 23.3 Å². The molecule has 15 heavy (non-hydrogen) atoms. The molecule has 0 saturated carbocycles. The maximum absolute atomic E-state index is 5.30. The highest BCUT2D eigenvalue weighted by molar-refractivity contribution is 5.78. The highest BCUT2D eigenvalue weighted by atomic mass is 15.2. The molecule has 78 valence electrons. The van der Waals surface area contributed by atoms with E-state index in [9.17, 15) is 0 Å². The van der Waals surface area contributed by atoms with Gasteiger partial charge in [0, 0.05) is 6.54 Å². The van der Waals surface area contributed by atoms with Gasteiger partial charge in [-0.2, -0.15) is 0 Å². The molecule has 0 bridgehead atoms. The third-order valence-electron chi connectivity index (χ3n) is 2.27. The highest BCUT2D eigenvalue weighted by Crippen LogP contribution is 2.21. The summed E-state index contributed by atoms with van der Waals surface area (Å²) in [7, 11) is 0. The first kappa shape index (κ1) is 9.71. The Kier molecular flexibility index (Phi) is 2.67. The average molecular weight is 202 g/mol. The average Bonchev–Trinajstić information content (AvgIpc) is 2.59. The van der Waals surface area contributed by atoms with Crippen molar-refractivity contribution < 1.29 is 0 Å². The molecule has 2 rings (SSSR count). The molecule has 4 heteroatoms. The summed E-state index contributed by atoms with van der Waals surface area (Å²) in [5.41, 5.74) is 7.38. The summed E-state index contributed by atoms with van der Waals surface area (Å²) in [6.07, 6.45) is 2.33. The lowest BCUT2D eigenvalue weighted by Gasteiger charge is -2.02. The Labute approximate surface area is 88.4 Å². The molecule has 1 aromatic carbocycles. The number of nitrogens with two attached hydrogens (primary N) is 1. The molecule has 2 aromatic rings. The number of rotatable bonds is 3. The number of hydrogen-bond acceptors (Lipinski definition) is 2. The van der Waals surface area contributed by atoms with E-state index in [2.05, 4.69) is 21.5 Å². The summed E-state index contributed by atoms with van der Waals surface area (Å²) in [5, 5.41) is 0. The van der Waals surface area contributed by atoms with Gasteiger partial charge in [-0.3, -0.25) is 0 Å². The lowest BCUT2D eigenvalue weighted by atomic mass is 10.3. The quantitative estimate of drug-likeness (QED) is 0.611. The predicted octanol–water partition coefficient (Wildman–Crippen LogP) is 2.06. The van der Waals surface area contributed by atoms with E-state index in [1.54, 1.807) is 0 Å². The number of aliphatic imine (C=N–C) groups is 1. The van der Waals surface area contributed by atoms with Crippen LogP contribution in [-0.2, 0) is 6.54 Å². The van der Waals surface area contributed by atoms with Crippen molar-refractivity contribution in [1.29, 1.82) is 0 Å². The molecule has 2 N–H and O–H groups in total. The zero-order valence-electron chi connectivity index (χ0n) is 8.72. The lowest BCUT2D eigenvalue weighted by molar-refractivity contribution is 0.701. The van der Waals surface area contributed by atoms with E-state index in [1.165, 1.54) is 6.34 Å². The van der Waals surface area contributed by atoms with Crippen molar-refractivity contribution in [3.05, 3.63) is 24.3 Å². The van der Waals surface area contributed by atoms with E-state index in [0.717, 1.165) is 24.0 Å². The molecule has 0 unspecified atom stereocenters. The molecule has 0 aliphatic heterocycles. The Morgan fingerprint density at radius 2 is 2.27 bits per heavy atom. The third kappa shape index (κ3) is 1.70. The fourth-order valence-corrected chi connectivity index (χ4v) is 1.67. The smallest absolute Gasteiger partial charge is 0.231 e. The molecule has 0 aliphatic carbocycles. The minimum absolute atomic E-state index is 0.681. The van der Waals surface area contributed by atoms with Crippen molar-refractivity contribution in [2.24, 2.45) is 10.7 Å². The number of nitrogens with zero attached hydrogens (tertiary/aromatic N) is 3. The second-order valence-corrected chi connectivity index (χ2v) is 3.33. The summed E-state index contributed by atoms with van der Waals surface area (Å²) in [5.74, 6) is 0.681. The molecule has 0 fully saturated rings. The van der Waals surface area contributed by atoms with Crippen molar-refractivity contribution in [2.45, 2.75) is 19.9 Å². The Morgan fingerprint density at radius 1 is 1.47 bits per heavy atom. The van der Waals surface area contributed by atoms with Crippen LogP contribution in [-0.4, -0.2) is 15.9 Å². The molecule has 0 saturated heterocycles. The van der Waals surface area contributed by atoms with Crippen LogP contribution in [0.4, 0.5) is 5.95 Å². The van der Waals surface area contributed by atoms with Gasteiger partial charge in [0.2, 0.25) is 5.95 Å². The summed E-state index contributed by atoms with van der Waals surface area (Å²) in [6.45, 7) is 3.04. The Hall–Kier alpha value is -1.84. The number of fused-ring (bicyclic) bond motifs is 1. The maximum atomic E-state index is 5.30. The van der Waals surface area contributed by atoms with Gasteiger partial charge in [0.1, 0.15) is 0 Å². The third-order valence-corrected chi connectivity index (χ3v) is 2.27. The predicted molar refractivity (Wildman–Crippen MR) is 62.4 cm³/mol. The Balaban J connectivity index is 2.63. The largest absolute Gasteiger partial charge is 0.390 e. The monoisotopic (exact) mass is 202 g/mol. The minimum Gasteiger partial charge on any atom is -0.390 e. The number of imidazole rings is 1. The van der Waals surface area contributed by atoms with Crippen molar-refractivity contribution in [2.75, 3.05) is 0 Å². The number of aryl methyl sites for hydroxylation is 1.